The van der Waals surface area contributed by atoms with Crippen LogP contribution in [0.2, 0.25) is 5.02 Å². The Morgan fingerprint density at radius 1 is 1.41 bits per heavy atom. The minimum atomic E-state index is -0.505. The van der Waals surface area contributed by atoms with Gasteiger partial charge in [0.25, 0.3) is 0 Å². The third-order valence-electron chi connectivity index (χ3n) is 2.34. The highest BCUT2D eigenvalue weighted by molar-refractivity contribution is 14.1. The van der Waals surface area contributed by atoms with E-state index in [4.69, 9.17) is 11.6 Å². The van der Waals surface area contributed by atoms with Gasteiger partial charge in [-0.15, -0.1) is 11.3 Å². The van der Waals surface area contributed by atoms with Crippen molar-refractivity contribution in [1.29, 1.82) is 0 Å². The van der Waals surface area contributed by atoms with Gasteiger partial charge in [-0.2, -0.15) is 0 Å². The molecule has 0 fully saturated rings. The van der Waals surface area contributed by atoms with E-state index in [0.29, 0.717) is 11.4 Å². The standard InChI is InChI=1S/C12H9BrClIOS/c13-8-4-9(17-6-8)5-12(16)7-1-2-11(15)10(14)3-7/h1-4,6,12,16H,5H2. The van der Waals surface area contributed by atoms with Crippen LogP contribution in [0.25, 0.3) is 0 Å². The maximum absolute atomic E-state index is 10.1. The normalized spacial score (nSPS) is 12.7. The highest BCUT2D eigenvalue weighted by Crippen LogP contribution is 2.28. The Labute approximate surface area is 131 Å². The zero-order valence-electron chi connectivity index (χ0n) is 8.66. The summed E-state index contributed by atoms with van der Waals surface area (Å²) in [5, 5.41) is 12.8. The van der Waals surface area contributed by atoms with Gasteiger partial charge >= 0.3 is 0 Å². The molecule has 1 heterocycles. The number of rotatable bonds is 3. The van der Waals surface area contributed by atoms with Gasteiger partial charge in [-0.1, -0.05) is 17.7 Å². The van der Waals surface area contributed by atoms with E-state index < -0.39 is 6.10 Å². The molecule has 2 rings (SSSR count). The van der Waals surface area contributed by atoms with Crippen LogP contribution in [0.4, 0.5) is 0 Å². The summed E-state index contributed by atoms with van der Waals surface area (Å²) in [7, 11) is 0. The molecule has 0 aliphatic heterocycles. The minimum Gasteiger partial charge on any atom is -0.388 e. The van der Waals surface area contributed by atoms with E-state index in [2.05, 4.69) is 38.5 Å². The molecule has 1 aromatic heterocycles. The summed E-state index contributed by atoms with van der Waals surface area (Å²) in [6.45, 7) is 0. The van der Waals surface area contributed by atoms with Crippen molar-refractivity contribution in [1.82, 2.24) is 0 Å². The average Bonchev–Trinajstić information content (AvgIpc) is 2.68. The Bertz CT molecular complexity index is 529. The Morgan fingerprint density at radius 2 is 2.18 bits per heavy atom. The summed E-state index contributed by atoms with van der Waals surface area (Å²) in [4.78, 5) is 1.15. The lowest BCUT2D eigenvalue weighted by Crippen LogP contribution is -2.00. The van der Waals surface area contributed by atoms with Crippen LogP contribution in [0.3, 0.4) is 0 Å². The summed E-state index contributed by atoms with van der Waals surface area (Å²) < 4.78 is 2.06. The molecule has 0 aliphatic rings. The predicted octanol–water partition coefficient (Wildman–Crippen LogP) is 5.04. The molecule has 0 aliphatic carbocycles. The molecule has 2 aromatic rings. The molecule has 0 bridgehead atoms. The van der Waals surface area contributed by atoms with Crippen LogP contribution in [0.1, 0.15) is 16.5 Å². The predicted molar refractivity (Wildman–Crippen MR) is 84.9 cm³/mol. The monoisotopic (exact) mass is 442 g/mol. The SMILES string of the molecule is OC(Cc1cc(Br)cs1)c1ccc(I)c(Cl)c1. The lowest BCUT2D eigenvalue weighted by atomic mass is 10.1. The van der Waals surface area contributed by atoms with Gasteiger partial charge in [0, 0.05) is 24.7 Å². The second kappa shape index (κ2) is 6.02. The molecular weight excluding hydrogens is 434 g/mol. The summed E-state index contributed by atoms with van der Waals surface area (Å²) in [6, 6.07) is 7.70. The third kappa shape index (κ3) is 3.67. The summed E-state index contributed by atoms with van der Waals surface area (Å²) in [5.41, 5.74) is 0.861. The van der Waals surface area contributed by atoms with Crippen molar-refractivity contribution in [3.8, 4) is 0 Å². The molecule has 1 N–H and O–H groups in total. The molecular formula is C12H9BrClIOS. The highest BCUT2D eigenvalue weighted by Gasteiger charge is 2.11. The van der Waals surface area contributed by atoms with Gasteiger partial charge in [0.2, 0.25) is 0 Å². The first-order valence-electron chi connectivity index (χ1n) is 4.92. The molecule has 90 valence electrons. The zero-order valence-corrected chi connectivity index (χ0v) is 14.0. The van der Waals surface area contributed by atoms with E-state index in [1.54, 1.807) is 11.3 Å². The molecule has 1 atom stereocenters. The van der Waals surface area contributed by atoms with Crippen molar-refractivity contribution < 1.29 is 5.11 Å². The van der Waals surface area contributed by atoms with E-state index in [1.165, 1.54) is 0 Å². The fourth-order valence-corrected chi connectivity index (χ4v) is 3.50. The minimum absolute atomic E-state index is 0.505. The highest BCUT2D eigenvalue weighted by atomic mass is 127. The number of hydrogen-bond acceptors (Lipinski definition) is 2. The van der Waals surface area contributed by atoms with Gasteiger partial charge in [-0.25, -0.2) is 0 Å². The van der Waals surface area contributed by atoms with Gasteiger partial charge in [-0.3, -0.25) is 0 Å². The average molecular weight is 444 g/mol. The third-order valence-corrected chi connectivity index (χ3v) is 5.64. The van der Waals surface area contributed by atoms with Gasteiger partial charge in [0.15, 0.2) is 0 Å². The largest absolute Gasteiger partial charge is 0.388 e. The van der Waals surface area contributed by atoms with Gasteiger partial charge in [0.05, 0.1) is 11.1 Å². The topological polar surface area (TPSA) is 20.2 Å². The molecule has 0 amide bonds. The van der Waals surface area contributed by atoms with Crippen molar-refractivity contribution in [3.05, 3.63) is 53.2 Å². The van der Waals surface area contributed by atoms with Gasteiger partial charge in [0.1, 0.15) is 0 Å². The summed E-state index contributed by atoms with van der Waals surface area (Å²) in [5.74, 6) is 0. The van der Waals surface area contributed by atoms with E-state index in [-0.39, 0.29) is 0 Å². The molecule has 0 saturated heterocycles. The van der Waals surface area contributed by atoms with E-state index in [0.717, 1.165) is 18.5 Å². The number of thiophene rings is 1. The molecule has 0 saturated carbocycles. The van der Waals surface area contributed by atoms with Crippen LogP contribution in [0.15, 0.2) is 34.1 Å². The lowest BCUT2D eigenvalue weighted by Gasteiger charge is -2.10. The van der Waals surface area contributed by atoms with Crippen LogP contribution in [-0.4, -0.2) is 5.11 Å². The van der Waals surface area contributed by atoms with Crippen LogP contribution in [-0.2, 0) is 6.42 Å². The summed E-state index contributed by atoms with van der Waals surface area (Å²) in [6.07, 6.45) is 0.114. The maximum Gasteiger partial charge on any atom is 0.0838 e. The molecule has 1 nitrogen and oxygen atoms in total. The molecule has 1 aromatic carbocycles. The number of hydrogen-bond donors (Lipinski definition) is 1. The second-order valence-electron chi connectivity index (χ2n) is 3.62. The fraction of sp³-hybridized carbons (Fsp3) is 0.167. The number of aliphatic hydroxyl groups is 1. The van der Waals surface area contributed by atoms with Gasteiger partial charge in [-0.05, 0) is 62.3 Å². The Balaban J connectivity index is 2.14. The van der Waals surface area contributed by atoms with Crippen LogP contribution >= 0.6 is 61.5 Å². The van der Waals surface area contributed by atoms with E-state index >= 15 is 0 Å². The lowest BCUT2D eigenvalue weighted by molar-refractivity contribution is 0.179. The fourth-order valence-electron chi connectivity index (χ4n) is 1.49. The van der Waals surface area contributed by atoms with Crippen LogP contribution < -0.4 is 0 Å². The summed E-state index contributed by atoms with van der Waals surface area (Å²) >= 11 is 13.3. The quantitative estimate of drug-likeness (QED) is 0.659. The molecule has 0 spiro atoms. The first-order chi connectivity index (χ1) is 8.06. The molecule has 5 heteroatoms. The van der Waals surface area contributed by atoms with Crippen molar-refractivity contribution in [2.45, 2.75) is 12.5 Å². The number of aliphatic hydroxyl groups excluding tert-OH is 1. The van der Waals surface area contributed by atoms with Crippen molar-refractivity contribution in [2.24, 2.45) is 0 Å². The number of benzene rings is 1. The second-order valence-corrected chi connectivity index (χ2v) is 7.11. The Kier molecular flexibility index (Phi) is 4.88. The van der Waals surface area contributed by atoms with Crippen LogP contribution in [0.5, 0.6) is 0 Å². The molecule has 1 unspecified atom stereocenters. The van der Waals surface area contributed by atoms with E-state index in [1.807, 2.05) is 29.6 Å². The van der Waals surface area contributed by atoms with Gasteiger partial charge < -0.3 is 5.11 Å². The molecule has 17 heavy (non-hydrogen) atoms. The molecule has 0 radical (unpaired) electrons. The van der Waals surface area contributed by atoms with E-state index in [9.17, 15) is 5.11 Å². The van der Waals surface area contributed by atoms with Crippen molar-refractivity contribution in [3.63, 3.8) is 0 Å². The van der Waals surface area contributed by atoms with Crippen molar-refractivity contribution in [2.75, 3.05) is 0 Å². The first kappa shape index (κ1) is 13.8. The van der Waals surface area contributed by atoms with Crippen LogP contribution in [0, 0.1) is 3.57 Å². The maximum atomic E-state index is 10.1. The Morgan fingerprint density at radius 3 is 2.76 bits per heavy atom. The zero-order chi connectivity index (χ0) is 12.4. The number of halogens is 3. The smallest absolute Gasteiger partial charge is 0.0838 e. The first-order valence-corrected chi connectivity index (χ1v) is 8.05. The van der Waals surface area contributed by atoms with Crippen molar-refractivity contribution >= 4 is 61.5 Å². The Hall–Kier alpha value is 0.380.